The van der Waals surface area contributed by atoms with Crippen molar-refractivity contribution in [2.24, 2.45) is 5.73 Å². The third-order valence-electron chi connectivity index (χ3n) is 3.66. The number of nitro groups is 1. The number of non-ortho nitro benzene ring substituents is 1. The van der Waals surface area contributed by atoms with E-state index in [-0.39, 0.29) is 18.2 Å². The van der Waals surface area contributed by atoms with Gasteiger partial charge >= 0.3 is 0 Å². The van der Waals surface area contributed by atoms with E-state index in [1.165, 1.54) is 18.2 Å². The van der Waals surface area contributed by atoms with Crippen molar-refractivity contribution in [3.05, 3.63) is 70.3 Å². The first-order valence-corrected chi connectivity index (χ1v) is 7.99. The Bertz CT molecular complexity index is 706. The fraction of sp³-hybridized carbons (Fsp3) is 0.278. The maximum Gasteiger partial charge on any atom is 0.273 e. The second-order valence-electron chi connectivity index (χ2n) is 5.45. The van der Waals surface area contributed by atoms with Crippen molar-refractivity contribution in [3.8, 4) is 5.75 Å². The van der Waals surface area contributed by atoms with E-state index in [1.54, 1.807) is 11.0 Å². The molecule has 2 aromatic carbocycles. The fourth-order valence-corrected chi connectivity index (χ4v) is 2.35. The highest BCUT2D eigenvalue weighted by atomic mass is 16.6. The quantitative estimate of drug-likeness (QED) is 0.554. The van der Waals surface area contributed by atoms with E-state index in [0.717, 1.165) is 12.0 Å². The normalized spacial score (nSPS) is 10.3. The van der Waals surface area contributed by atoms with E-state index in [0.29, 0.717) is 25.4 Å². The number of ether oxygens (including phenoxy) is 1. The summed E-state index contributed by atoms with van der Waals surface area (Å²) >= 11 is 0. The molecule has 2 rings (SSSR count). The van der Waals surface area contributed by atoms with Crippen LogP contribution in [0.5, 0.6) is 5.75 Å². The summed E-state index contributed by atoms with van der Waals surface area (Å²) in [6.45, 7) is 1.15. The van der Waals surface area contributed by atoms with Gasteiger partial charge < -0.3 is 15.4 Å². The van der Waals surface area contributed by atoms with E-state index >= 15 is 0 Å². The monoisotopic (exact) mass is 343 g/mol. The number of hydrogen-bond donors (Lipinski definition) is 1. The highest BCUT2D eigenvalue weighted by molar-refractivity contribution is 5.77. The molecule has 2 aromatic rings. The van der Waals surface area contributed by atoms with Crippen molar-refractivity contribution in [1.29, 1.82) is 0 Å². The molecular formula is C18H21N3O4. The van der Waals surface area contributed by atoms with Gasteiger partial charge in [-0.05, 0) is 18.1 Å². The third-order valence-corrected chi connectivity index (χ3v) is 3.66. The number of rotatable bonds is 9. The first-order chi connectivity index (χ1) is 12.1. The van der Waals surface area contributed by atoms with Crippen LogP contribution < -0.4 is 10.5 Å². The molecule has 7 nitrogen and oxygen atoms in total. The summed E-state index contributed by atoms with van der Waals surface area (Å²) in [6, 6.07) is 15.6. The average Bonchev–Trinajstić information content (AvgIpc) is 2.64. The lowest BCUT2D eigenvalue weighted by Crippen LogP contribution is -2.39. The average molecular weight is 343 g/mol. The van der Waals surface area contributed by atoms with Crippen LogP contribution in [0.3, 0.4) is 0 Å². The highest BCUT2D eigenvalue weighted by Gasteiger charge is 2.14. The molecule has 0 radical (unpaired) electrons. The number of nitrogens with zero attached hydrogens (tertiary/aromatic N) is 2. The molecule has 0 saturated heterocycles. The van der Waals surface area contributed by atoms with E-state index < -0.39 is 4.92 Å². The molecule has 0 aliphatic heterocycles. The molecule has 0 unspecified atom stereocenters. The molecule has 2 N–H and O–H groups in total. The minimum absolute atomic E-state index is 0.0761. The predicted molar refractivity (Wildman–Crippen MR) is 94.4 cm³/mol. The van der Waals surface area contributed by atoms with Gasteiger partial charge in [-0.25, -0.2) is 0 Å². The molecule has 0 bridgehead atoms. The summed E-state index contributed by atoms with van der Waals surface area (Å²) in [4.78, 5) is 24.3. The molecule has 0 aliphatic carbocycles. The van der Waals surface area contributed by atoms with Crippen molar-refractivity contribution in [1.82, 2.24) is 4.90 Å². The van der Waals surface area contributed by atoms with Crippen LogP contribution >= 0.6 is 0 Å². The second-order valence-corrected chi connectivity index (χ2v) is 5.45. The van der Waals surface area contributed by atoms with E-state index in [1.807, 2.05) is 30.3 Å². The Morgan fingerprint density at radius 3 is 2.56 bits per heavy atom. The summed E-state index contributed by atoms with van der Waals surface area (Å²) < 4.78 is 5.40. The largest absolute Gasteiger partial charge is 0.484 e. The van der Waals surface area contributed by atoms with Crippen molar-refractivity contribution >= 4 is 11.6 Å². The number of benzene rings is 2. The molecule has 7 heteroatoms. The van der Waals surface area contributed by atoms with Crippen LogP contribution in [-0.4, -0.2) is 42.0 Å². The van der Waals surface area contributed by atoms with Gasteiger partial charge in [-0.3, -0.25) is 14.9 Å². The number of carbonyl (C=O) groups is 1. The van der Waals surface area contributed by atoms with Crippen LogP contribution in [0.1, 0.15) is 5.56 Å². The zero-order chi connectivity index (χ0) is 18.1. The van der Waals surface area contributed by atoms with Gasteiger partial charge in [0.1, 0.15) is 5.75 Å². The standard InChI is InChI=1S/C18H21N3O4/c19-10-12-20(11-9-15-5-2-1-3-6-15)18(22)14-25-17-8-4-7-16(13-17)21(23)24/h1-8,13H,9-12,14,19H2. The molecule has 25 heavy (non-hydrogen) atoms. The lowest BCUT2D eigenvalue weighted by atomic mass is 10.1. The van der Waals surface area contributed by atoms with Gasteiger partial charge in [0.25, 0.3) is 11.6 Å². The number of carbonyl (C=O) groups excluding carboxylic acids is 1. The van der Waals surface area contributed by atoms with E-state index in [2.05, 4.69) is 0 Å². The molecule has 0 fully saturated rings. The third kappa shape index (κ3) is 5.89. The molecule has 0 aromatic heterocycles. The second kappa shape index (κ2) is 9.39. The zero-order valence-corrected chi connectivity index (χ0v) is 13.8. The minimum atomic E-state index is -0.505. The molecular weight excluding hydrogens is 322 g/mol. The maximum absolute atomic E-state index is 12.4. The van der Waals surface area contributed by atoms with Gasteiger partial charge in [-0.1, -0.05) is 36.4 Å². The lowest BCUT2D eigenvalue weighted by Gasteiger charge is -2.22. The van der Waals surface area contributed by atoms with E-state index in [4.69, 9.17) is 10.5 Å². The van der Waals surface area contributed by atoms with Crippen molar-refractivity contribution in [2.45, 2.75) is 6.42 Å². The number of nitro benzene ring substituents is 1. The van der Waals surface area contributed by atoms with Crippen LogP contribution in [0.2, 0.25) is 0 Å². The summed E-state index contributed by atoms with van der Waals surface area (Å²) in [5.74, 6) is 0.0891. The van der Waals surface area contributed by atoms with Crippen molar-refractivity contribution in [3.63, 3.8) is 0 Å². The first kappa shape index (κ1) is 18.4. The van der Waals surface area contributed by atoms with Gasteiger partial charge in [0, 0.05) is 25.7 Å². The number of hydrogen-bond acceptors (Lipinski definition) is 5. The highest BCUT2D eigenvalue weighted by Crippen LogP contribution is 2.19. The molecule has 0 saturated carbocycles. The molecule has 0 heterocycles. The smallest absolute Gasteiger partial charge is 0.273 e. The number of amides is 1. The molecule has 132 valence electrons. The molecule has 1 amide bonds. The molecule has 0 spiro atoms. The first-order valence-electron chi connectivity index (χ1n) is 7.99. The van der Waals surface area contributed by atoms with Gasteiger partial charge in [0.2, 0.25) is 0 Å². The Balaban J connectivity index is 1.91. The van der Waals surface area contributed by atoms with Gasteiger partial charge in [0.15, 0.2) is 6.61 Å². The number of nitrogens with two attached hydrogens (primary N) is 1. The fourth-order valence-electron chi connectivity index (χ4n) is 2.35. The van der Waals surface area contributed by atoms with Crippen molar-refractivity contribution in [2.75, 3.05) is 26.2 Å². The Morgan fingerprint density at radius 2 is 1.88 bits per heavy atom. The SMILES string of the molecule is NCCN(CCc1ccccc1)C(=O)COc1cccc([N+](=O)[O-])c1. The van der Waals surface area contributed by atoms with Gasteiger partial charge in [-0.15, -0.1) is 0 Å². The van der Waals surface area contributed by atoms with Crippen LogP contribution in [0.15, 0.2) is 54.6 Å². The van der Waals surface area contributed by atoms with Crippen LogP contribution in [-0.2, 0) is 11.2 Å². The van der Waals surface area contributed by atoms with Crippen LogP contribution in [0, 0.1) is 10.1 Å². The summed E-state index contributed by atoms with van der Waals surface area (Å²) in [7, 11) is 0. The summed E-state index contributed by atoms with van der Waals surface area (Å²) in [5, 5.41) is 10.8. The van der Waals surface area contributed by atoms with Gasteiger partial charge in [-0.2, -0.15) is 0 Å². The van der Waals surface area contributed by atoms with E-state index in [9.17, 15) is 14.9 Å². The Labute approximate surface area is 146 Å². The summed E-state index contributed by atoms with van der Waals surface area (Å²) in [5.41, 5.74) is 6.65. The Morgan fingerprint density at radius 1 is 1.12 bits per heavy atom. The summed E-state index contributed by atoms with van der Waals surface area (Å²) in [6.07, 6.45) is 0.726. The molecule has 0 aliphatic rings. The maximum atomic E-state index is 12.4. The topological polar surface area (TPSA) is 98.7 Å². The zero-order valence-electron chi connectivity index (χ0n) is 13.8. The van der Waals surface area contributed by atoms with Crippen LogP contribution in [0.25, 0.3) is 0 Å². The Hall–Kier alpha value is -2.93. The minimum Gasteiger partial charge on any atom is -0.484 e. The predicted octanol–water partition coefficient (Wildman–Crippen LogP) is 2.00. The van der Waals surface area contributed by atoms with Gasteiger partial charge in [0.05, 0.1) is 11.0 Å². The lowest BCUT2D eigenvalue weighted by molar-refractivity contribution is -0.384. The van der Waals surface area contributed by atoms with Crippen molar-refractivity contribution < 1.29 is 14.5 Å². The Kier molecular flexibility index (Phi) is 6.91. The molecule has 0 atom stereocenters. The van der Waals surface area contributed by atoms with Crippen LogP contribution in [0.4, 0.5) is 5.69 Å².